The van der Waals surface area contributed by atoms with E-state index >= 15 is 0 Å². The number of sulfonamides is 1. The number of fused-ring (bicyclic) bond motifs is 1. The van der Waals surface area contributed by atoms with Crippen LogP contribution in [-0.4, -0.2) is 20.4 Å². The molecule has 1 aliphatic heterocycles. The van der Waals surface area contributed by atoms with Crippen LogP contribution in [0.15, 0.2) is 15.3 Å². The maximum absolute atomic E-state index is 12.0. The molecule has 0 saturated carbocycles. The topological polar surface area (TPSA) is 70.6 Å². The van der Waals surface area contributed by atoms with Gasteiger partial charge in [0.25, 0.3) is 10.0 Å². The van der Waals surface area contributed by atoms with Gasteiger partial charge in [0, 0.05) is 0 Å². The lowest BCUT2D eigenvalue weighted by Gasteiger charge is -2.20. The molecular formula is C10H14ClN3O2S2. The number of aliphatic imine (C=N–C) groups is 1. The van der Waals surface area contributed by atoms with E-state index in [9.17, 15) is 8.42 Å². The first-order valence-corrected chi connectivity index (χ1v) is 8.14. The third-order valence-corrected chi connectivity index (χ3v) is 5.83. The molecule has 8 heteroatoms. The van der Waals surface area contributed by atoms with E-state index in [4.69, 9.17) is 11.6 Å². The normalized spacial score (nSPS) is 21.3. The second-order valence-electron chi connectivity index (χ2n) is 4.44. The number of nitrogens with one attached hydrogen (secondary N) is 2. The summed E-state index contributed by atoms with van der Waals surface area (Å²) in [5.74, 6) is 0.578. The summed E-state index contributed by atoms with van der Waals surface area (Å²) < 4.78 is 27.0. The zero-order chi connectivity index (χ0) is 13.5. The minimum atomic E-state index is -3.55. The Morgan fingerprint density at radius 1 is 1.39 bits per heavy atom. The zero-order valence-corrected chi connectivity index (χ0v) is 12.6. The molecule has 5 nitrogen and oxygen atoms in total. The molecule has 0 amide bonds. The molecule has 0 aliphatic carbocycles. The maximum atomic E-state index is 12.0. The van der Waals surface area contributed by atoms with Crippen molar-refractivity contribution in [3.05, 3.63) is 10.4 Å². The standard InChI is InChI=1S/C10H14ClN3O2S2/c1-5(2)6(3)12-10-13-7-4-8(11)17-9(7)18(15,16)14-10/h4-6H,1-3H3,(H2,12,13,14)/t6-/m0/s1. The van der Waals surface area contributed by atoms with Gasteiger partial charge in [-0.15, -0.1) is 11.3 Å². The van der Waals surface area contributed by atoms with Crippen LogP contribution in [0.1, 0.15) is 20.8 Å². The van der Waals surface area contributed by atoms with Crippen molar-refractivity contribution in [2.24, 2.45) is 10.9 Å². The van der Waals surface area contributed by atoms with Crippen LogP contribution in [0.2, 0.25) is 4.34 Å². The van der Waals surface area contributed by atoms with E-state index in [1.807, 2.05) is 20.8 Å². The molecule has 2 rings (SSSR count). The van der Waals surface area contributed by atoms with Crippen molar-refractivity contribution in [2.75, 3.05) is 5.32 Å². The summed E-state index contributed by atoms with van der Waals surface area (Å²) >= 11 is 6.85. The van der Waals surface area contributed by atoms with Crippen LogP contribution >= 0.6 is 22.9 Å². The van der Waals surface area contributed by atoms with Gasteiger partial charge in [-0.3, -0.25) is 0 Å². The van der Waals surface area contributed by atoms with Crippen molar-refractivity contribution in [1.29, 1.82) is 0 Å². The molecular weight excluding hydrogens is 294 g/mol. The van der Waals surface area contributed by atoms with Crippen molar-refractivity contribution < 1.29 is 8.42 Å². The average molecular weight is 308 g/mol. The third kappa shape index (κ3) is 2.62. The van der Waals surface area contributed by atoms with E-state index in [1.54, 1.807) is 6.07 Å². The van der Waals surface area contributed by atoms with E-state index in [0.29, 0.717) is 15.9 Å². The van der Waals surface area contributed by atoms with Crippen LogP contribution in [0.5, 0.6) is 0 Å². The molecule has 0 saturated heterocycles. The molecule has 0 aromatic carbocycles. The van der Waals surface area contributed by atoms with Gasteiger partial charge in [-0.25, -0.2) is 18.1 Å². The highest BCUT2D eigenvalue weighted by molar-refractivity contribution is 7.92. The number of nitrogens with zero attached hydrogens (tertiary/aromatic N) is 1. The van der Waals surface area contributed by atoms with E-state index in [1.165, 1.54) is 0 Å². The summed E-state index contributed by atoms with van der Waals surface area (Å²) in [6.45, 7) is 5.99. The fourth-order valence-electron chi connectivity index (χ4n) is 1.37. The van der Waals surface area contributed by atoms with Crippen LogP contribution < -0.4 is 10.0 Å². The van der Waals surface area contributed by atoms with Gasteiger partial charge in [-0.2, -0.15) is 0 Å². The molecule has 0 radical (unpaired) electrons. The van der Waals surface area contributed by atoms with Crippen molar-refractivity contribution in [3.8, 4) is 0 Å². The summed E-state index contributed by atoms with van der Waals surface area (Å²) in [5.41, 5.74) is 0.485. The fourth-order valence-corrected chi connectivity index (χ4v) is 4.11. The Morgan fingerprint density at radius 2 is 2.06 bits per heavy atom. The smallest absolute Gasteiger partial charge is 0.275 e. The van der Waals surface area contributed by atoms with E-state index < -0.39 is 10.0 Å². The third-order valence-electron chi connectivity index (χ3n) is 2.69. The minimum Gasteiger partial charge on any atom is -0.324 e. The fraction of sp³-hybridized carbons (Fsp3) is 0.500. The summed E-state index contributed by atoms with van der Waals surface area (Å²) in [7, 11) is -3.55. The summed E-state index contributed by atoms with van der Waals surface area (Å²) in [6, 6.07) is 1.61. The van der Waals surface area contributed by atoms with Gasteiger partial charge in [-0.05, 0) is 18.9 Å². The monoisotopic (exact) mass is 307 g/mol. The Kier molecular flexibility index (Phi) is 3.57. The summed E-state index contributed by atoms with van der Waals surface area (Å²) in [5, 5.41) is 2.94. The van der Waals surface area contributed by atoms with Gasteiger partial charge in [0.2, 0.25) is 5.96 Å². The Balaban J connectivity index is 2.38. The van der Waals surface area contributed by atoms with Crippen LogP contribution in [0, 0.1) is 5.92 Å². The van der Waals surface area contributed by atoms with Gasteiger partial charge < -0.3 is 5.32 Å². The van der Waals surface area contributed by atoms with Crippen LogP contribution in [0.25, 0.3) is 0 Å². The lowest BCUT2D eigenvalue weighted by atomic mass is 10.1. The van der Waals surface area contributed by atoms with Crippen LogP contribution in [0.3, 0.4) is 0 Å². The quantitative estimate of drug-likeness (QED) is 0.882. The Morgan fingerprint density at radius 3 is 2.67 bits per heavy atom. The lowest BCUT2D eigenvalue weighted by molar-refractivity contribution is 0.529. The Labute approximate surface area is 115 Å². The van der Waals surface area contributed by atoms with Gasteiger partial charge in [-0.1, -0.05) is 25.4 Å². The molecule has 1 aromatic rings. The van der Waals surface area contributed by atoms with Crippen molar-refractivity contribution >= 4 is 44.6 Å². The molecule has 2 heterocycles. The second kappa shape index (κ2) is 4.71. The highest BCUT2D eigenvalue weighted by Crippen LogP contribution is 2.36. The van der Waals surface area contributed by atoms with Crippen LogP contribution in [-0.2, 0) is 10.0 Å². The van der Waals surface area contributed by atoms with Crippen molar-refractivity contribution in [2.45, 2.75) is 31.0 Å². The first-order valence-electron chi connectivity index (χ1n) is 5.46. The SMILES string of the molecule is CC(C)[C@H](C)N=C1Nc2cc(Cl)sc2S(=O)(=O)N1. The summed E-state index contributed by atoms with van der Waals surface area (Å²) in [6.07, 6.45) is 0. The number of guanidine groups is 1. The summed E-state index contributed by atoms with van der Waals surface area (Å²) in [4.78, 5) is 4.32. The largest absolute Gasteiger partial charge is 0.324 e. The molecule has 0 unspecified atom stereocenters. The highest BCUT2D eigenvalue weighted by atomic mass is 35.5. The number of hydrogen-bond donors (Lipinski definition) is 2. The first kappa shape index (κ1) is 13.6. The van der Waals surface area contributed by atoms with Gasteiger partial charge >= 0.3 is 0 Å². The number of hydrogen-bond acceptors (Lipinski definition) is 4. The molecule has 0 bridgehead atoms. The average Bonchev–Trinajstić information content (AvgIpc) is 2.58. The molecule has 100 valence electrons. The molecule has 1 aromatic heterocycles. The molecule has 1 aliphatic rings. The molecule has 0 spiro atoms. The molecule has 18 heavy (non-hydrogen) atoms. The van der Waals surface area contributed by atoms with E-state index in [2.05, 4.69) is 15.0 Å². The van der Waals surface area contributed by atoms with Gasteiger partial charge in [0.15, 0.2) is 4.21 Å². The second-order valence-corrected chi connectivity index (χ2v) is 8.01. The predicted molar refractivity (Wildman–Crippen MR) is 75.0 cm³/mol. The molecule has 0 fully saturated rings. The van der Waals surface area contributed by atoms with Crippen LogP contribution in [0.4, 0.5) is 5.69 Å². The van der Waals surface area contributed by atoms with Gasteiger partial charge in [0.1, 0.15) is 0 Å². The van der Waals surface area contributed by atoms with E-state index in [-0.39, 0.29) is 16.2 Å². The Hall–Kier alpha value is -0.790. The predicted octanol–water partition coefficient (Wildman–Crippen LogP) is 2.51. The minimum absolute atomic E-state index is 0.0193. The number of halogens is 1. The lowest BCUT2D eigenvalue weighted by Crippen LogP contribution is -2.40. The number of anilines is 1. The number of thiophene rings is 1. The molecule has 1 atom stereocenters. The van der Waals surface area contributed by atoms with Gasteiger partial charge in [0.05, 0.1) is 16.1 Å². The van der Waals surface area contributed by atoms with Crippen molar-refractivity contribution in [1.82, 2.24) is 4.72 Å². The number of rotatable bonds is 2. The highest BCUT2D eigenvalue weighted by Gasteiger charge is 2.29. The maximum Gasteiger partial charge on any atom is 0.275 e. The zero-order valence-electron chi connectivity index (χ0n) is 10.2. The van der Waals surface area contributed by atoms with Crippen molar-refractivity contribution in [3.63, 3.8) is 0 Å². The van der Waals surface area contributed by atoms with E-state index in [0.717, 1.165) is 11.3 Å². The Bertz CT molecular complexity index is 592. The first-order chi connectivity index (χ1) is 8.29. The molecule has 2 N–H and O–H groups in total.